The average Bonchev–Trinajstić information content (AvgIpc) is 3.57. The van der Waals surface area contributed by atoms with Crippen molar-refractivity contribution in [3.63, 3.8) is 0 Å². The smallest absolute Gasteiger partial charge is 0.306 e. The fourth-order valence-electron chi connectivity index (χ4n) is 6.89. The van der Waals surface area contributed by atoms with Gasteiger partial charge in [0.25, 0.3) is 0 Å². The van der Waals surface area contributed by atoms with Crippen molar-refractivity contribution in [2.45, 2.75) is 103 Å². The lowest BCUT2D eigenvalue weighted by Gasteiger charge is -2.34. The van der Waals surface area contributed by atoms with Gasteiger partial charge in [0.05, 0.1) is 37.0 Å². The number of rotatable bonds is 3. The molecule has 1 saturated carbocycles. The molecule has 2 bridgehead atoms. The summed E-state index contributed by atoms with van der Waals surface area (Å²) in [6, 6.07) is 4.69. The van der Waals surface area contributed by atoms with Gasteiger partial charge in [0, 0.05) is 13.2 Å². The maximum absolute atomic E-state index is 14.1. The summed E-state index contributed by atoms with van der Waals surface area (Å²) in [6.07, 6.45) is 6.75. The summed E-state index contributed by atoms with van der Waals surface area (Å²) in [4.78, 5) is 51.1. The molecule has 0 spiro atoms. The molecule has 0 unspecified atom stereocenters. The molecule has 0 N–H and O–H groups in total. The molecule has 43 heavy (non-hydrogen) atoms. The van der Waals surface area contributed by atoms with Gasteiger partial charge in [-0.3, -0.25) is 9.59 Å². The van der Waals surface area contributed by atoms with Gasteiger partial charge in [0.15, 0.2) is 0 Å². The number of amides is 1. The van der Waals surface area contributed by atoms with Crippen LogP contribution in [0.1, 0.15) is 77.8 Å². The largest absolute Gasteiger partial charge is 0.497 e. The second kappa shape index (κ2) is 13.2. The molecule has 3 heterocycles. The molecule has 1 saturated heterocycles. The summed E-state index contributed by atoms with van der Waals surface area (Å²) >= 11 is 0. The number of carbonyl (C=O) groups is 3. The van der Waals surface area contributed by atoms with Gasteiger partial charge in [0.1, 0.15) is 42.1 Å². The summed E-state index contributed by atoms with van der Waals surface area (Å²) < 4.78 is 23.7. The molecule has 0 radical (unpaired) electrons. The summed E-state index contributed by atoms with van der Waals surface area (Å²) in [7, 11) is 3.11. The summed E-state index contributed by atoms with van der Waals surface area (Å²) in [5, 5.41) is 0. The third-order valence-corrected chi connectivity index (χ3v) is 9.38. The number of aromatic nitrogens is 2. The fourth-order valence-corrected chi connectivity index (χ4v) is 6.89. The van der Waals surface area contributed by atoms with Crippen molar-refractivity contribution in [2.75, 3.05) is 20.8 Å². The zero-order chi connectivity index (χ0) is 30.7. The molecule has 10 heteroatoms. The van der Waals surface area contributed by atoms with Crippen molar-refractivity contribution in [1.82, 2.24) is 14.9 Å². The van der Waals surface area contributed by atoms with Crippen molar-refractivity contribution in [3.8, 4) is 11.6 Å². The minimum Gasteiger partial charge on any atom is -0.497 e. The van der Waals surface area contributed by atoms with Crippen molar-refractivity contribution < 1.29 is 33.3 Å². The van der Waals surface area contributed by atoms with Gasteiger partial charge in [-0.05, 0) is 62.0 Å². The number of benzene rings is 1. The van der Waals surface area contributed by atoms with Crippen LogP contribution >= 0.6 is 0 Å². The van der Waals surface area contributed by atoms with Crippen molar-refractivity contribution in [3.05, 3.63) is 23.9 Å². The molecule has 2 aromatic rings. The van der Waals surface area contributed by atoms with E-state index >= 15 is 0 Å². The van der Waals surface area contributed by atoms with E-state index in [-0.39, 0.29) is 30.9 Å². The van der Waals surface area contributed by atoms with Crippen LogP contribution in [-0.2, 0) is 30.3 Å². The highest BCUT2D eigenvalue weighted by atomic mass is 16.5. The van der Waals surface area contributed by atoms with E-state index in [1.807, 2.05) is 39.0 Å². The predicted octanol–water partition coefficient (Wildman–Crippen LogP) is 4.69. The highest BCUT2D eigenvalue weighted by Crippen LogP contribution is 2.37. The van der Waals surface area contributed by atoms with Crippen LogP contribution in [0.2, 0.25) is 0 Å². The molecule has 2 fully saturated rings. The van der Waals surface area contributed by atoms with Crippen LogP contribution in [0.5, 0.6) is 11.6 Å². The Kier molecular flexibility index (Phi) is 9.54. The number of ether oxygens (including phenoxy) is 4. The Morgan fingerprint density at radius 3 is 2.47 bits per heavy atom. The Morgan fingerprint density at radius 1 is 0.953 bits per heavy atom. The van der Waals surface area contributed by atoms with E-state index in [1.54, 1.807) is 7.11 Å². The number of hydrogen-bond donors (Lipinski definition) is 0. The lowest BCUT2D eigenvalue weighted by molar-refractivity contribution is -0.158. The van der Waals surface area contributed by atoms with Crippen LogP contribution in [0.3, 0.4) is 0 Å². The number of fused-ring (bicyclic) bond motifs is 5. The van der Waals surface area contributed by atoms with Crippen LogP contribution in [0.25, 0.3) is 11.0 Å². The van der Waals surface area contributed by atoms with Gasteiger partial charge in [-0.15, -0.1) is 0 Å². The minimum atomic E-state index is -0.873. The standard InChI is InChI=1S/C33H45N3O7/c1-33(2,3)22-17-29(38)42-27-13-9-11-20(27)10-7-6-8-12-24-31(35-25-16-21(40-4)14-15-23(25)34-24)43-28-18-36(32(22)39)26(19-37)30(28)41-5/h14-16,19-20,22,26-28,30H,6-13,17-18H2,1-5H3/t20-,22-,26-,27-,28+,30+/m1/s1. The zero-order valence-corrected chi connectivity index (χ0v) is 26.0. The summed E-state index contributed by atoms with van der Waals surface area (Å²) in [6.45, 7) is 5.93. The molecule has 5 rings (SSSR count). The highest BCUT2D eigenvalue weighted by molar-refractivity contribution is 5.87. The first-order valence-electron chi connectivity index (χ1n) is 15.6. The second-order valence-corrected chi connectivity index (χ2v) is 13.2. The zero-order valence-electron chi connectivity index (χ0n) is 26.0. The molecule has 1 aromatic heterocycles. The van der Waals surface area contributed by atoms with Crippen molar-refractivity contribution in [1.29, 1.82) is 0 Å². The van der Waals surface area contributed by atoms with E-state index in [9.17, 15) is 14.4 Å². The van der Waals surface area contributed by atoms with Crippen molar-refractivity contribution in [2.24, 2.45) is 17.3 Å². The first kappa shape index (κ1) is 31.2. The van der Waals surface area contributed by atoms with Crippen LogP contribution in [0.4, 0.5) is 0 Å². The molecule has 6 atom stereocenters. The summed E-state index contributed by atoms with van der Waals surface area (Å²) in [5.74, 6) is 0.0548. The molecule has 234 valence electrons. The number of aryl methyl sites for hydroxylation is 1. The molecular weight excluding hydrogens is 550 g/mol. The lowest BCUT2D eigenvalue weighted by Crippen LogP contribution is -2.47. The third-order valence-electron chi connectivity index (χ3n) is 9.38. The monoisotopic (exact) mass is 595 g/mol. The van der Waals surface area contributed by atoms with Crippen LogP contribution < -0.4 is 9.47 Å². The lowest BCUT2D eigenvalue weighted by atomic mass is 9.77. The van der Waals surface area contributed by atoms with Crippen LogP contribution in [0.15, 0.2) is 18.2 Å². The number of hydrogen-bond acceptors (Lipinski definition) is 9. The SMILES string of the molecule is COc1ccc2nc3c(nc2c1)O[C@H]1CN(C(=O)[C@H](C(C)(C)C)CC(=O)O[C@@H]2CCC[C@H]2CCCCC3)[C@H](C=O)[C@@H]1OC. The molecular formula is C33H45N3O7. The predicted molar refractivity (Wildman–Crippen MR) is 160 cm³/mol. The Morgan fingerprint density at radius 2 is 1.74 bits per heavy atom. The Labute approximate surface area is 253 Å². The van der Waals surface area contributed by atoms with E-state index < -0.39 is 29.6 Å². The molecule has 1 aliphatic carbocycles. The van der Waals surface area contributed by atoms with E-state index in [0.717, 1.165) is 62.4 Å². The Hall–Kier alpha value is -3.27. The maximum Gasteiger partial charge on any atom is 0.306 e. The number of esters is 1. The molecule has 2 aliphatic heterocycles. The van der Waals surface area contributed by atoms with E-state index in [4.69, 9.17) is 28.9 Å². The van der Waals surface area contributed by atoms with Gasteiger partial charge < -0.3 is 28.6 Å². The molecule has 1 amide bonds. The van der Waals surface area contributed by atoms with E-state index in [1.165, 1.54) is 12.0 Å². The van der Waals surface area contributed by atoms with Crippen LogP contribution in [0, 0.1) is 17.3 Å². The third kappa shape index (κ3) is 6.79. The number of aldehydes is 1. The summed E-state index contributed by atoms with van der Waals surface area (Å²) in [5.41, 5.74) is 1.56. The quantitative estimate of drug-likeness (QED) is 0.368. The van der Waals surface area contributed by atoms with E-state index in [2.05, 4.69) is 0 Å². The first-order chi connectivity index (χ1) is 20.6. The van der Waals surface area contributed by atoms with Crippen LogP contribution in [-0.4, -0.2) is 78.1 Å². The number of carbonyl (C=O) groups excluding carboxylic acids is 3. The van der Waals surface area contributed by atoms with E-state index in [0.29, 0.717) is 29.5 Å². The van der Waals surface area contributed by atoms with Gasteiger partial charge in [0.2, 0.25) is 11.8 Å². The number of nitrogens with zero attached hydrogens (tertiary/aromatic N) is 3. The molecule has 3 aliphatic rings. The second-order valence-electron chi connectivity index (χ2n) is 13.2. The molecule has 10 nitrogen and oxygen atoms in total. The normalized spacial score (nSPS) is 29.2. The van der Waals surface area contributed by atoms with Crippen molar-refractivity contribution >= 4 is 29.2 Å². The Balaban J connectivity index is 1.52. The Bertz CT molecular complexity index is 1330. The van der Waals surface area contributed by atoms with Gasteiger partial charge in [-0.1, -0.05) is 33.6 Å². The molecule has 1 aromatic carbocycles. The minimum absolute atomic E-state index is 0.0427. The maximum atomic E-state index is 14.1. The fraction of sp³-hybridized carbons (Fsp3) is 0.667. The number of methoxy groups -OCH3 is 2. The topological polar surface area (TPSA) is 117 Å². The van der Waals surface area contributed by atoms with Gasteiger partial charge in [-0.2, -0.15) is 0 Å². The highest BCUT2D eigenvalue weighted by Gasteiger charge is 2.49. The van der Waals surface area contributed by atoms with Gasteiger partial charge >= 0.3 is 5.97 Å². The van der Waals surface area contributed by atoms with Gasteiger partial charge in [-0.25, -0.2) is 9.97 Å². The average molecular weight is 596 g/mol. The first-order valence-corrected chi connectivity index (χ1v) is 15.6.